The molecule has 2 rings (SSSR count). The van der Waals surface area contributed by atoms with Gasteiger partial charge in [-0.2, -0.15) is 0 Å². The van der Waals surface area contributed by atoms with Gasteiger partial charge in [0.15, 0.2) is 0 Å². The molecule has 4 heteroatoms. The zero-order valence-corrected chi connectivity index (χ0v) is 6.90. The Kier molecular flexibility index (Phi) is 2.02. The van der Waals surface area contributed by atoms with E-state index in [1.807, 2.05) is 0 Å². The molecule has 0 amide bonds. The van der Waals surface area contributed by atoms with Crippen molar-refractivity contribution >= 4 is 5.97 Å². The lowest BCUT2D eigenvalue weighted by Crippen LogP contribution is -2.47. The molecular weight excluding hydrogens is 158 g/mol. The fourth-order valence-electron chi connectivity index (χ4n) is 2.13. The van der Waals surface area contributed by atoms with Gasteiger partial charge in [0.05, 0.1) is 19.8 Å². The minimum atomic E-state index is -0.728. The van der Waals surface area contributed by atoms with Crippen LogP contribution in [0.25, 0.3) is 0 Å². The van der Waals surface area contributed by atoms with E-state index in [2.05, 4.69) is 4.90 Å². The molecule has 2 aliphatic heterocycles. The van der Waals surface area contributed by atoms with E-state index in [-0.39, 0.29) is 6.54 Å². The lowest BCUT2D eigenvalue weighted by Gasteiger charge is -2.32. The molecule has 2 aliphatic rings. The van der Waals surface area contributed by atoms with Gasteiger partial charge in [-0.1, -0.05) is 0 Å². The summed E-state index contributed by atoms with van der Waals surface area (Å²) in [5.41, 5.74) is 0. The van der Waals surface area contributed by atoms with Crippen molar-refractivity contribution in [2.45, 2.75) is 24.9 Å². The molecule has 2 heterocycles. The first-order valence-corrected chi connectivity index (χ1v) is 4.32. The van der Waals surface area contributed by atoms with Crippen LogP contribution < -0.4 is 0 Å². The average Bonchev–Trinajstić information content (AvgIpc) is 2.30. The Morgan fingerprint density at radius 1 is 1.42 bits per heavy atom. The van der Waals surface area contributed by atoms with Crippen molar-refractivity contribution in [3.8, 4) is 0 Å². The van der Waals surface area contributed by atoms with Crippen molar-refractivity contribution in [1.29, 1.82) is 0 Å². The summed E-state index contributed by atoms with van der Waals surface area (Å²) in [5, 5.41) is 8.65. The highest BCUT2D eigenvalue weighted by atomic mass is 16.5. The minimum absolute atomic E-state index is 0.179. The van der Waals surface area contributed by atoms with Crippen LogP contribution in [0.3, 0.4) is 0 Å². The fraction of sp³-hybridized carbons (Fsp3) is 0.875. The number of rotatable bonds is 2. The normalized spacial score (nSPS) is 35.3. The van der Waals surface area contributed by atoms with Gasteiger partial charge in [0, 0.05) is 12.1 Å². The maximum atomic E-state index is 10.5. The van der Waals surface area contributed by atoms with Crippen LogP contribution in [0.2, 0.25) is 0 Å². The summed E-state index contributed by atoms with van der Waals surface area (Å²) in [7, 11) is 0. The summed E-state index contributed by atoms with van der Waals surface area (Å²) in [4.78, 5) is 12.6. The van der Waals surface area contributed by atoms with Gasteiger partial charge < -0.3 is 9.84 Å². The third-order valence-corrected chi connectivity index (χ3v) is 2.71. The molecule has 0 aromatic rings. The van der Waals surface area contributed by atoms with Crippen molar-refractivity contribution in [2.75, 3.05) is 19.8 Å². The number of aliphatic carboxylic acids is 1. The quantitative estimate of drug-likeness (QED) is 0.632. The van der Waals surface area contributed by atoms with E-state index in [0.29, 0.717) is 25.3 Å². The zero-order chi connectivity index (χ0) is 8.55. The molecule has 0 spiro atoms. The predicted molar refractivity (Wildman–Crippen MR) is 42.0 cm³/mol. The van der Waals surface area contributed by atoms with Crippen LogP contribution in [0.15, 0.2) is 0 Å². The summed E-state index contributed by atoms with van der Waals surface area (Å²) in [6, 6.07) is 0.722. The first kappa shape index (κ1) is 8.01. The predicted octanol–water partition coefficient (Wildman–Crippen LogP) is -0.0658. The molecule has 2 bridgehead atoms. The molecule has 2 saturated heterocycles. The zero-order valence-electron chi connectivity index (χ0n) is 6.90. The number of nitrogens with zero attached hydrogens (tertiary/aromatic N) is 1. The van der Waals surface area contributed by atoms with Crippen LogP contribution in [-0.2, 0) is 9.53 Å². The smallest absolute Gasteiger partial charge is 0.317 e. The van der Waals surface area contributed by atoms with E-state index in [0.717, 1.165) is 12.8 Å². The van der Waals surface area contributed by atoms with E-state index >= 15 is 0 Å². The van der Waals surface area contributed by atoms with Crippen molar-refractivity contribution in [3.63, 3.8) is 0 Å². The van der Waals surface area contributed by atoms with Crippen molar-refractivity contribution in [3.05, 3.63) is 0 Å². The molecular formula is C8H13NO3. The highest BCUT2D eigenvalue weighted by molar-refractivity contribution is 5.69. The number of hydrogen-bond acceptors (Lipinski definition) is 3. The summed E-state index contributed by atoms with van der Waals surface area (Å²) >= 11 is 0. The third-order valence-electron chi connectivity index (χ3n) is 2.71. The number of fused-ring (bicyclic) bond motifs is 2. The van der Waals surface area contributed by atoms with E-state index < -0.39 is 5.97 Å². The second-order valence-electron chi connectivity index (χ2n) is 3.49. The summed E-state index contributed by atoms with van der Waals surface area (Å²) < 4.78 is 5.33. The topological polar surface area (TPSA) is 49.8 Å². The van der Waals surface area contributed by atoms with Gasteiger partial charge in [-0.05, 0) is 12.8 Å². The monoisotopic (exact) mass is 171 g/mol. The molecule has 0 radical (unpaired) electrons. The van der Waals surface area contributed by atoms with Crippen LogP contribution in [0.4, 0.5) is 0 Å². The highest BCUT2D eigenvalue weighted by Crippen LogP contribution is 2.27. The molecule has 0 saturated carbocycles. The van der Waals surface area contributed by atoms with Crippen LogP contribution in [-0.4, -0.2) is 47.8 Å². The summed E-state index contributed by atoms with van der Waals surface area (Å²) in [6.45, 7) is 1.60. The largest absolute Gasteiger partial charge is 0.480 e. The second kappa shape index (κ2) is 3.03. The highest BCUT2D eigenvalue weighted by Gasteiger charge is 2.37. The van der Waals surface area contributed by atoms with Crippen molar-refractivity contribution < 1.29 is 14.6 Å². The molecule has 2 unspecified atom stereocenters. The van der Waals surface area contributed by atoms with Gasteiger partial charge in [-0.25, -0.2) is 0 Å². The maximum Gasteiger partial charge on any atom is 0.317 e. The number of carbonyl (C=O) groups is 1. The summed E-state index contributed by atoms with van der Waals surface area (Å²) in [5.74, 6) is -0.728. The Labute approximate surface area is 71.1 Å². The minimum Gasteiger partial charge on any atom is -0.480 e. The van der Waals surface area contributed by atoms with Crippen LogP contribution in [0.1, 0.15) is 12.8 Å². The second-order valence-corrected chi connectivity index (χ2v) is 3.49. The molecule has 12 heavy (non-hydrogen) atoms. The standard InChI is InChI=1S/C8H13NO3/c10-8(11)3-9-6-1-2-7(9)5-12-4-6/h6-7H,1-5H2,(H,10,11). The van der Waals surface area contributed by atoms with Gasteiger partial charge in [-0.15, -0.1) is 0 Å². The fourth-order valence-corrected chi connectivity index (χ4v) is 2.13. The Morgan fingerprint density at radius 2 is 2.00 bits per heavy atom. The van der Waals surface area contributed by atoms with E-state index in [1.54, 1.807) is 0 Å². The van der Waals surface area contributed by atoms with Gasteiger partial charge >= 0.3 is 5.97 Å². The Bertz CT molecular complexity index is 179. The van der Waals surface area contributed by atoms with Gasteiger partial charge in [0.1, 0.15) is 0 Å². The number of hydrogen-bond donors (Lipinski definition) is 1. The van der Waals surface area contributed by atoms with Gasteiger partial charge in [0.25, 0.3) is 0 Å². The average molecular weight is 171 g/mol. The molecule has 2 atom stereocenters. The van der Waals surface area contributed by atoms with Crippen LogP contribution >= 0.6 is 0 Å². The van der Waals surface area contributed by atoms with E-state index in [4.69, 9.17) is 9.84 Å². The Balaban J connectivity index is 2.00. The molecule has 0 aromatic heterocycles. The third kappa shape index (κ3) is 1.32. The summed E-state index contributed by atoms with van der Waals surface area (Å²) in [6.07, 6.45) is 2.19. The molecule has 0 aromatic carbocycles. The van der Waals surface area contributed by atoms with Crippen molar-refractivity contribution in [2.24, 2.45) is 0 Å². The van der Waals surface area contributed by atoms with Crippen LogP contribution in [0, 0.1) is 0 Å². The first-order valence-electron chi connectivity index (χ1n) is 4.32. The number of carboxylic acid groups (broad SMARTS) is 1. The molecule has 1 N–H and O–H groups in total. The van der Waals surface area contributed by atoms with E-state index in [9.17, 15) is 4.79 Å². The molecule has 4 nitrogen and oxygen atoms in total. The number of carboxylic acids is 1. The first-order chi connectivity index (χ1) is 5.77. The SMILES string of the molecule is O=C(O)CN1C2CCC1COC2. The lowest BCUT2D eigenvalue weighted by atomic mass is 10.2. The van der Waals surface area contributed by atoms with Gasteiger partial charge in [-0.3, -0.25) is 9.69 Å². The number of ether oxygens (including phenoxy) is 1. The maximum absolute atomic E-state index is 10.5. The molecule has 0 aliphatic carbocycles. The van der Waals surface area contributed by atoms with Gasteiger partial charge in [0.2, 0.25) is 0 Å². The van der Waals surface area contributed by atoms with Crippen molar-refractivity contribution in [1.82, 2.24) is 4.90 Å². The van der Waals surface area contributed by atoms with Crippen LogP contribution in [0.5, 0.6) is 0 Å². The van der Waals surface area contributed by atoms with E-state index in [1.165, 1.54) is 0 Å². The molecule has 2 fully saturated rings. The Hall–Kier alpha value is -0.610. The lowest BCUT2D eigenvalue weighted by molar-refractivity contribution is -0.141. The Morgan fingerprint density at radius 3 is 2.50 bits per heavy atom. The number of morpholine rings is 1. The molecule has 68 valence electrons.